The molecular weight excluding hydrogens is 304 g/mol. The van der Waals surface area contributed by atoms with Crippen molar-refractivity contribution >= 4 is 21.8 Å². The van der Waals surface area contributed by atoms with Gasteiger partial charge in [0.05, 0.1) is 0 Å². The third-order valence-electron chi connectivity index (χ3n) is 3.73. The minimum Gasteiger partial charge on any atom is -0.343 e. The summed E-state index contributed by atoms with van der Waals surface area (Å²) in [5, 5.41) is 0. The monoisotopic (exact) mass is 328 g/mol. The number of aromatic nitrogens is 1. The van der Waals surface area contributed by atoms with Gasteiger partial charge in [0.2, 0.25) is 0 Å². The van der Waals surface area contributed by atoms with Crippen molar-refractivity contribution in [2.75, 3.05) is 13.1 Å². The fourth-order valence-corrected chi connectivity index (χ4v) is 2.76. The van der Waals surface area contributed by atoms with Crippen molar-refractivity contribution in [3.63, 3.8) is 0 Å². The summed E-state index contributed by atoms with van der Waals surface area (Å²) in [5.74, 6) is 0.735. The van der Waals surface area contributed by atoms with Gasteiger partial charge in [0.15, 0.2) is 0 Å². The highest BCUT2D eigenvalue weighted by Gasteiger charge is 2.20. The fourth-order valence-electron chi connectivity index (χ4n) is 2.29. The highest BCUT2D eigenvalue weighted by Crippen LogP contribution is 2.18. The highest BCUT2D eigenvalue weighted by molar-refractivity contribution is 9.10. The topological polar surface area (TPSA) is 25.2 Å². The fraction of sp³-hybridized carbons (Fsp3) is 0.667. The first-order valence-electron chi connectivity index (χ1n) is 7.22. The molecule has 0 aliphatic heterocycles. The molecule has 0 bridgehead atoms. The van der Waals surface area contributed by atoms with Crippen molar-refractivity contribution in [2.24, 2.45) is 5.92 Å². The molecule has 0 fully saturated rings. The van der Waals surface area contributed by atoms with Crippen LogP contribution in [0.2, 0.25) is 0 Å². The molecule has 0 saturated heterocycles. The van der Waals surface area contributed by atoms with Gasteiger partial charge in [-0.05, 0) is 41.8 Å². The van der Waals surface area contributed by atoms with E-state index in [1.54, 1.807) is 0 Å². The lowest BCUT2D eigenvalue weighted by Crippen LogP contribution is -2.36. The average Bonchev–Trinajstić information content (AvgIpc) is 2.81. The van der Waals surface area contributed by atoms with Gasteiger partial charge in [0.25, 0.3) is 5.91 Å². The Labute approximate surface area is 125 Å². The van der Waals surface area contributed by atoms with Gasteiger partial charge in [-0.15, -0.1) is 0 Å². The van der Waals surface area contributed by atoms with E-state index in [0.717, 1.165) is 42.6 Å². The molecule has 1 aromatic heterocycles. The summed E-state index contributed by atoms with van der Waals surface area (Å²) in [6, 6.07) is 1.92. The summed E-state index contributed by atoms with van der Waals surface area (Å²) in [5.41, 5.74) is 0.780. The summed E-state index contributed by atoms with van der Waals surface area (Å²) in [6.45, 7) is 10.9. The lowest BCUT2D eigenvalue weighted by atomic mass is 10.0. The molecule has 1 aromatic rings. The molecule has 19 heavy (non-hydrogen) atoms. The van der Waals surface area contributed by atoms with Crippen LogP contribution in [0.4, 0.5) is 0 Å². The molecule has 0 N–H and O–H groups in total. The van der Waals surface area contributed by atoms with Crippen molar-refractivity contribution < 1.29 is 4.79 Å². The number of nitrogens with zero attached hydrogens (tertiary/aromatic N) is 2. The van der Waals surface area contributed by atoms with E-state index in [2.05, 4.69) is 43.6 Å². The molecule has 0 aliphatic rings. The molecule has 0 aliphatic carbocycles. The van der Waals surface area contributed by atoms with Gasteiger partial charge in [0, 0.05) is 30.3 Å². The third kappa shape index (κ3) is 4.10. The van der Waals surface area contributed by atoms with Crippen molar-refractivity contribution in [3.8, 4) is 0 Å². The molecule has 1 heterocycles. The Morgan fingerprint density at radius 3 is 2.42 bits per heavy atom. The van der Waals surface area contributed by atoms with Crippen LogP contribution in [0.1, 0.15) is 51.0 Å². The van der Waals surface area contributed by atoms with Gasteiger partial charge in [-0.2, -0.15) is 0 Å². The number of halogens is 1. The first kappa shape index (κ1) is 16.3. The van der Waals surface area contributed by atoms with E-state index in [1.165, 1.54) is 0 Å². The molecule has 0 atom stereocenters. The Balaban J connectivity index is 2.88. The van der Waals surface area contributed by atoms with E-state index < -0.39 is 0 Å². The standard InChI is InChI=1S/C15H25BrN2O/c1-5-12(6-2)10-18(8-4)15(19)14-9-13(16)11-17(14)7-3/h9,11-12H,5-8,10H2,1-4H3. The predicted molar refractivity (Wildman–Crippen MR) is 83.5 cm³/mol. The maximum absolute atomic E-state index is 12.6. The van der Waals surface area contributed by atoms with Gasteiger partial charge in [-0.1, -0.05) is 26.7 Å². The average molecular weight is 329 g/mol. The Hall–Kier alpha value is -0.770. The van der Waals surface area contributed by atoms with Crippen molar-refractivity contribution in [1.82, 2.24) is 9.47 Å². The zero-order valence-corrected chi connectivity index (χ0v) is 14.0. The Morgan fingerprint density at radius 2 is 1.95 bits per heavy atom. The zero-order chi connectivity index (χ0) is 14.4. The molecule has 108 valence electrons. The van der Waals surface area contributed by atoms with Crippen LogP contribution in [0.3, 0.4) is 0 Å². The molecule has 0 unspecified atom stereocenters. The van der Waals surface area contributed by atoms with Crippen LogP contribution < -0.4 is 0 Å². The van der Waals surface area contributed by atoms with Crippen LogP contribution in [0.15, 0.2) is 16.7 Å². The molecule has 4 heteroatoms. The number of carbonyl (C=O) groups excluding carboxylic acids is 1. The number of rotatable bonds is 7. The molecule has 0 aromatic carbocycles. The second-order valence-corrected chi connectivity index (χ2v) is 5.77. The van der Waals surface area contributed by atoms with E-state index in [0.29, 0.717) is 5.92 Å². The molecule has 0 radical (unpaired) electrons. The summed E-state index contributed by atoms with van der Waals surface area (Å²) >= 11 is 3.45. The maximum atomic E-state index is 12.6. The van der Waals surface area contributed by atoms with E-state index in [4.69, 9.17) is 0 Å². The number of amides is 1. The molecule has 1 rings (SSSR count). The molecule has 3 nitrogen and oxygen atoms in total. The first-order valence-corrected chi connectivity index (χ1v) is 8.01. The summed E-state index contributed by atoms with van der Waals surface area (Å²) in [7, 11) is 0. The van der Waals surface area contributed by atoms with Crippen molar-refractivity contribution in [3.05, 3.63) is 22.4 Å². The molecule has 0 saturated carbocycles. The number of hydrogen-bond acceptors (Lipinski definition) is 1. The second kappa shape index (κ2) is 7.73. The second-order valence-electron chi connectivity index (χ2n) is 4.86. The summed E-state index contributed by atoms with van der Waals surface area (Å²) in [4.78, 5) is 14.6. The Morgan fingerprint density at radius 1 is 1.32 bits per heavy atom. The van der Waals surface area contributed by atoms with Gasteiger partial charge in [-0.25, -0.2) is 0 Å². The highest BCUT2D eigenvalue weighted by atomic mass is 79.9. The van der Waals surface area contributed by atoms with Crippen molar-refractivity contribution in [1.29, 1.82) is 0 Å². The SMILES string of the molecule is CCC(CC)CN(CC)C(=O)c1cc(Br)cn1CC. The van der Waals surface area contributed by atoms with Gasteiger partial charge in [-0.3, -0.25) is 4.79 Å². The summed E-state index contributed by atoms with van der Waals surface area (Å²) in [6.07, 6.45) is 4.22. The van der Waals surface area contributed by atoms with Crippen molar-refractivity contribution in [2.45, 2.75) is 47.1 Å². The minimum absolute atomic E-state index is 0.141. The van der Waals surface area contributed by atoms with E-state index in [-0.39, 0.29) is 5.91 Å². The smallest absolute Gasteiger partial charge is 0.270 e. The first-order chi connectivity index (χ1) is 9.07. The molecule has 1 amide bonds. The van der Waals surface area contributed by atoms with Gasteiger partial charge < -0.3 is 9.47 Å². The van der Waals surface area contributed by atoms with Crippen LogP contribution in [-0.2, 0) is 6.54 Å². The minimum atomic E-state index is 0.141. The third-order valence-corrected chi connectivity index (χ3v) is 4.16. The van der Waals surface area contributed by atoms with Crippen LogP contribution in [-0.4, -0.2) is 28.5 Å². The van der Waals surface area contributed by atoms with E-state index in [9.17, 15) is 4.79 Å². The van der Waals surface area contributed by atoms with Gasteiger partial charge >= 0.3 is 0 Å². The van der Waals surface area contributed by atoms with Crippen LogP contribution in [0.5, 0.6) is 0 Å². The van der Waals surface area contributed by atoms with Gasteiger partial charge in [0.1, 0.15) is 5.69 Å². The lowest BCUT2D eigenvalue weighted by Gasteiger charge is -2.25. The number of hydrogen-bond donors (Lipinski definition) is 0. The lowest BCUT2D eigenvalue weighted by molar-refractivity contribution is 0.0724. The number of carbonyl (C=O) groups is 1. The van der Waals surface area contributed by atoms with Crippen LogP contribution in [0, 0.1) is 5.92 Å². The normalized spacial score (nSPS) is 11.1. The predicted octanol–water partition coefficient (Wildman–Crippen LogP) is 4.17. The maximum Gasteiger partial charge on any atom is 0.270 e. The van der Waals surface area contributed by atoms with E-state index >= 15 is 0 Å². The zero-order valence-electron chi connectivity index (χ0n) is 12.4. The Kier molecular flexibility index (Phi) is 6.63. The quantitative estimate of drug-likeness (QED) is 0.737. The Bertz CT molecular complexity index is 410. The number of aryl methyl sites for hydroxylation is 1. The molecular formula is C15H25BrN2O. The molecule has 0 spiro atoms. The summed E-state index contributed by atoms with van der Waals surface area (Å²) < 4.78 is 2.97. The largest absolute Gasteiger partial charge is 0.343 e. The van der Waals surface area contributed by atoms with E-state index in [1.807, 2.05) is 21.7 Å². The van der Waals surface area contributed by atoms with Crippen LogP contribution >= 0.6 is 15.9 Å². The van der Waals surface area contributed by atoms with Crippen LogP contribution in [0.25, 0.3) is 0 Å².